The van der Waals surface area contributed by atoms with Crippen LogP contribution in [0.3, 0.4) is 0 Å². The average molecular weight is 497 g/mol. The minimum Gasteiger partial charge on any atom is -0.493 e. The molecule has 178 valence electrons. The lowest BCUT2D eigenvalue weighted by Gasteiger charge is -2.30. The number of esters is 1. The molecule has 1 aliphatic rings. The molecule has 1 saturated heterocycles. The van der Waals surface area contributed by atoms with Gasteiger partial charge in [-0.15, -0.1) is 0 Å². The van der Waals surface area contributed by atoms with Gasteiger partial charge in [0.05, 0.1) is 37.5 Å². The minimum absolute atomic E-state index is 0.117. The lowest BCUT2D eigenvalue weighted by atomic mass is 9.97. The zero-order valence-electron chi connectivity index (χ0n) is 18.5. The second kappa shape index (κ2) is 10.4. The number of amides is 1. The summed E-state index contributed by atoms with van der Waals surface area (Å²) < 4.78 is 42.4. The van der Waals surface area contributed by atoms with Crippen molar-refractivity contribution in [2.75, 3.05) is 39.7 Å². The van der Waals surface area contributed by atoms with E-state index in [1.54, 1.807) is 0 Å². The third kappa shape index (κ3) is 5.40. The number of nitrogens with one attached hydrogen (secondary N) is 1. The Balaban J connectivity index is 1.73. The van der Waals surface area contributed by atoms with E-state index < -0.39 is 21.9 Å². The first kappa shape index (κ1) is 24.8. The van der Waals surface area contributed by atoms with Gasteiger partial charge < -0.3 is 19.5 Å². The molecule has 3 rings (SSSR count). The number of rotatable bonds is 7. The average Bonchev–Trinajstić information content (AvgIpc) is 2.83. The number of anilines is 1. The van der Waals surface area contributed by atoms with Crippen molar-refractivity contribution in [3.63, 3.8) is 0 Å². The summed E-state index contributed by atoms with van der Waals surface area (Å²) in [5, 5.41) is 3.20. The largest absolute Gasteiger partial charge is 0.493 e. The number of hydrogen-bond acceptors (Lipinski definition) is 7. The Bertz CT molecular complexity index is 1130. The quantitative estimate of drug-likeness (QED) is 0.586. The van der Waals surface area contributed by atoms with Gasteiger partial charge in [0.25, 0.3) is 0 Å². The highest BCUT2D eigenvalue weighted by atomic mass is 35.5. The van der Waals surface area contributed by atoms with Crippen molar-refractivity contribution in [1.29, 1.82) is 0 Å². The highest BCUT2D eigenvalue weighted by molar-refractivity contribution is 7.89. The fourth-order valence-corrected chi connectivity index (χ4v) is 5.21. The molecule has 1 aliphatic heterocycles. The van der Waals surface area contributed by atoms with Gasteiger partial charge in [-0.2, -0.15) is 4.31 Å². The Labute approximate surface area is 197 Å². The van der Waals surface area contributed by atoms with Crippen molar-refractivity contribution in [2.45, 2.75) is 17.7 Å². The molecule has 1 N–H and O–H groups in total. The number of benzene rings is 2. The molecule has 2 aromatic carbocycles. The van der Waals surface area contributed by atoms with Crippen LogP contribution in [-0.2, 0) is 19.6 Å². The number of ether oxygens (including phenoxy) is 3. The normalized spacial score (nSPS) is 15.0. The Hall–Kier alpha value is -2.82. The van der Waals surface area contributed by atoms with E-state index in [1.165, 1.54) is 62.0 Å². The van der Waals surface area contributed by atoms with Gasteiger partial charge in [-0.25, -0.2) is 13.2 Å². The number of methoxy groups -OCH3 is 3. The Kier molecular flexibility index (Phi) is 7.83. The Morgan fingerprint density at radius 2 is 1.58 bits per heavy atom. The fourth-order valence-electron chi connectivity index (χ4n) is 3.61. The zero-order valence-corrected chi connectivity index (χ0v) is 20.0. The molecule has 9 nitrogen and oxygen atoms in total. The number of hydrogen-bond donors (Lipinski definition) is 1. The number of halogens is 1. The van der Waals surface area contributed by atoms with Crippen LogP contribution in [-0.4, -0.2) is 59.0 Å². The molecule has 2 aromatic rings. The summed E-state index contributed by atoms with van der Waals surface area (Å²) in [6.07, 6.45) is 0.666. The van der Waals surface area contributed by atoms with E-state index >= 15 is 0 Å². The topological polar surface area (TPSA) is 111 Å². The first-order valence-corrected chi connectivity index (χ1v) is 11.9. The molecular formula is C22H25ClN2O7S. The molecule has 0 aliphatic carbocycles. The monoisotopic (exact) mass is 496 g/mol. The molecule has 0 atom stereocenters. The van der Waals surface area contributed by atoms with Crippen LogP contribution < -0.4 is 14.8 Å². The van der Waals surface area contributed by atoms with E-state index in [1.807, 2.05) is 0 Å². The number of piperidine rings is 1. The van der Waals surface area contributed by atoms with Gasteiger partial charge >= 0.3 is 5.97 Å². The first-order chi connectivity index (χ1) is 15.7. The lowest BCUT2D eigenvalue weighted by Crippen LogP contribution is -2.41. The zero-order chi connectivity index (χ0) is 24.2. The molecule has 0 aromatic heterocycles. The van der Waals surface area contributed by atoms with E-state index in [0.29, 0.717) is 29.4 Å². The molecule has 1 amide bonds. The number of sulfonamides is 1. The van der Waals surface area contributed by atoms with Crippen molar-refractivity contribution in [1.82, 2.24) is 4.31 Å². The third-order valence-electron chi connectivity index (χ3n) is 5.46. The minimum atomic E-state index is -3.67. The standard InChI is InChI=1S/C22H25ClN2O7S/c1-30-19-12-17(22(27)32-3)18(13-20(19)31-2)24-21(26)14-8-10-25(11-9-14)33(28,29)16-6-4-15(23)5-7-16/h4-7,12-14H,8-11H2,1-3H3,(H,24,26). The summed E-state index contributed by atoms with van der Waals surface area (Å²) in [5.74, 6) is -0.743. The lowest BCUT2D eigenvalue weighted by molar-refractivity contribution is -0.120. The first-order valence-electron chi connectivity index (χ1n) is 10.1. The summed E-state index contributed by atoms with van der Waals surface area (Å²) in [6.45, 7) is 0.387. The highest BCUT2D eigenvalue weighted by Crippen LogP contribution is 2.34. The van der Waals surface area contributed by atoms with Crippen LogP contribution in [0.5, 0.6) is 11.5 Å². The molecule has 1 fully saturated rings. The van der Waals surface area contributed by atoms with Crippen molar-refractivity contribution in [3.05, 3.63) is 47.0 Å². The number of nitrogens with zero attached hydrogens (tertiary/aromatic N) is 1. The van der Waals surface area contributed by atoms with E-state index in [2.05, 4.69) is 5.32 Å². The molecule has 0 unspecified atom stereocenters. The summed E-state index contributed by atoms with van der Waals surface area (Å²) >= 11 is 5.85. The summed E-state index contributed by atoms with van der Waals surface area (Å²) in [4.78, 5) is 25.3. The van der Waals surface area contributed by atoms with Gasteiger partial charge in [0.2, 0.25) is 15.9 Å². The molecule has 0 saturated carbocycles. The van der Waals surface area contributed by atoms with Gasteiger partial charge in [0, 0.05) is 36.2 Å². The third-order valence-corrected chi connectivity index (χ3v) is 7.63. The Morgan fingerprint density at radius 3 is 2.12 bits per heavy atom. The molecule has 0 spiro atoms. The van der Waals surface area contributed by atoms with Gasteiger partial charge in [-0.05, 0) is 37.1 Å². The summed E-state index contributed by atoms with van der Waals surface area (Å²) in [5.41, 5.74) is 0.340. The van der Waals surface area contributed by atoms with E-state index in [-0.39, 0.29) is 35.1 Å². The second-order valence-electron chi connectivity index (χ2n) is 7.37. The van der Waals surface area contributed by atoms with Gasteiger partial charge in [0.15, 0.2) is 11.5 Å². The van der Waals surface area contributed by atoms with E-state index in [0.717, 1.165) is 0 Å². The van der Waals surface area contributed by atoms with Crippen LogP contribution >= 0.6 is 11.6 Å². The van der Waals surface area contributed by atoms with Crippen LogP contribution in [0.15, 0.2) is 41.3 Å². The summed E-state index contributed by atoms with van der Waals surface area (Å²) in [6, 6.07) is 8.89. The van der Waals surface area contributed by atoms with Crippen LogP contribution in [0, 0.1) is 5.92 Å². The van der Waals surface area contributed by atoms with E-state index in [9.17, 15) is 18.0 Å². The van der Waals surface area contributed by atoms with E-state index in [4.69, 9.17) is 25.8 Å². The molecule has 1 heterocycles. The van der Waals surface area contributed by atoms with Gasteiger partial charge in [-0.1, -0.05) is 11.6 Å². The predicted octanol–water partition coefficient (Wildman–Crippen LogP) is 3.18. The van der Waals surface area contributed by atoms with Crippen LogP contribution in [0.1, 0.15) is 23.2 Å². The van der Waals surface area contributed by atoms with Gasteiger partial charge in [0.1, 0.15) is 0 Å². The molecule has 33 heavy (non-hydrogen) atoms. The van der Waals surface area contributed by atoms with Crippen LogP contribution in [0.2, 0.25) is 5.02 Å². The maximum atomic E-state index is 12.9. The van der Waals surface area contributed by atoms with Gasteiger partial charge in [-0.3, -0.25) is 4.79 Å². The fraction of sp³-hybridized carbons (Fsp3) is 0.364. The summed E-state index contributed by atoms with van der Waals surface area (Å²) in [7, 11) is 0.440. The molecule has 11 heteroatoms. The van der Waals surface area contributed by atoms with Crippen molar-refractivity contribution in [3.8, 4) is 11.5 Å². The maximum absolute atomic E-state index is 12.9. The van der Waals surface area contributed by atoms with Crippen LogP contribution in [0.25, 0.3) is 0 Å². The molecular weight excluding hydrogens is 472 g/mol. The van der Waals surface area contributed by atoms with Crippen molar-refractivity contribution < 1.29 is 32.2 Å². The Morgan fingerprint density at radius 1 is 1.00 bits per heavy atom. The molecule has 0 radical (unpaired) electrons. The smallest absolute Gasteiger partial charge is 0.340 e. The SMILES string of the molecule is COC(=O)c1cc(OC)c(OC)cc1NC(=O)C1CCN(S(=O)(=O)c2ccc(Cl)cc2)CC1. The molecule has 0 bridgehead atoms. The predicted molar refractivity (Wildman–Crippen MR) is 122 cm³/mol. The number of carbonyl (C=O) groups is 2. The van der Waals surface area contributed by atoms with Crippen molar-refractivity contribution in [2.24, 2.45) is 5.92 Å². The number of carbonyl (C=O) groups excluding carboxylic acids is 2. The highest BCUT2D eigenvalue weighted by Gasteiger charge is 2.32. The van der Waals surface area contributed by atoms with Crippen molar-refractivity contribution >= 4 is 39.2 Å². The second-order valence-corrected chi connectivity index (χ2v) is 9.74. The maximum Gasteiger partial charge on any atom is 0.340 e. The van der Waals surface area contributed by atoms with Crippen LogP contribution in [0.4, 0.5) is 5.69 Å².